The van der Waals surface area contributed by atoms with E-state index >= 15 is 0 Å². The molecule has 0 atom stereocenters. The highest BCUT2D eigenvalue weighted by Crippen LogP contribution is 2.42. The number of hydrogen-bond acceptors (Lipinski definition) is 5. The predicted octanol–water partition coefficient (Wildman–Crippen LogP) is 5.04. The summed E-state index contributed by atoms with van der Waals surface area (Å²) in [6.07, 6.45) is 2.15. The zero-order valence-electron chi connectivity index (χ0n) is 16.2. The van der Waals surface area contributed by atoms with E-state index in [0.717, 1.165) is 37.3 Å². The van der Waals surface area contributed by atoms with Crippen LogP contribution in [0.4, 0.5) is 22.7 Å². The molecule has 1 aliphatic carbocycles. The number of nitrogens with zero attached hydrogens (tertiary/aromatic N) is 1. The molecule has 1 aliphatic heterocycles. The second-order valence-corrected chi connectivity index (χ2v) is 8.07. The lowest BCUT2D eigenvalue weighted by Gasteiger charge is -2.28. The van der Waals surface area contributed by atoms with Crippen LogP contribution >= 0.6 is 11.6 Å². The molecule has 0 amide bonds. The van der Waals surface area contributed by atoms with Gasteiger partial charge in [-0.2, -0.15) is 0 Å². The van der Waals surface area contributed by atoms with Crippen molar-refractivity contribution in [1.82, 2.24) is 0 Å². The topological polar surface area (TPSA) is 75.4 Å². The zero-order chi connectivity index (χ0) is 20.8. The van der Waals surface area contributed by atoms with Crippen molar-refractivity contribution < 1.29 is 9.59 Å². The number of carbonyl (C=O) groups excluding carboxylic acids is 2. The molecule has 5 nitrogen and oxygen atoms in total. The van der Waals surface area contributed by atoms with E-state index in [4.69, 9.17) is 17.3 Å². The van der Waals surface area contributed by atoms with Gasteiger partial charge in [-0.3, -0.25) is 9.59 Å². The Morgan fingerprint density at radius 3 is 2.10 bits per heavy atom. The summed E-state index contributed by atoms with van der Waals surface area (Å²) < 4.78 is 0. The molecule has 3 N–H and O–H groups in total. The molecule has 0 unspecified atom stereocenters. The van der Waals surface area contributed by atoms with Gasteiger partial charge in [-0.25, -0.2) is 0 Å². The van der Waals surface area contributed by atoms with Crippen molar-refractivity contribution in [1.29, 1.82) is 0 Å². The minimum atomic E-state index is -0.210. The van der Waals surface area contributed by atoms with Crippen LogP contribution < -0.4 is 16.0 Å². The minimum absolute atomic E-state index is 0.198. The molecule has 0 saturated carbocycles. The smallest absolute Gasteiger partial charge is 0.196 e. The Morgan fingerprint density at radius 2 is 1.47 bits per heavy atom. The van der Waals surface area contributed by atoms with Gasteiger partial charge in [0, 0.05) is 34.9 Å². The second kappa shape index (κ2) is 7.18. The van der Waals surface area contributed by atoms with E-state index in [0.29, 0.717) is 38.7 Å². The van der Waals surface area contributed by atoms with Gasteiger partial charge in [0.1, 0.15) is 0 Å². The lowest BCUT2D eigenvalue weighted by atomic mass is 9.81. The summed E-state index contributed by atoms with van der Waals surface area (Å²) in [5.41, 5.74) is 10.5. The van der Waals surface area contributed by atoms with Gasteiger partial charge in [-0.05, 0) is 43.2 Å². The number of benzene rings is 3. The summed E-state index contributed by atoms with van der Waals surface area (Å²) in [7, 11) is 0. The molecule has 3 aromatic rings. The molecule has 1 fully saturated rings. The van der Waals surface area contributed by atoms with E-state index in [9.17, 15) is 9.59 Å². The molecule has 3 aromatic carbocycles. The van der Waals surface area contributed by atoms with Crippen LogP contribution in [-0.2, 0) is 0 Å². The van der Waals surface area contributed by atoms with Crippen LogP contribution in [0.5, 0.6) is 0 Å². The fraction of sp³-hybridized carbons (Fsp3) is 0.167. The van der Waals surface area contributed by atoms with Crippen molar-refractivity contribution in [3.8, 4) is 0 Å². The monoisotopic (exact) mass is 417 g/mol. The Labute approximate surface area is 179 Å². The summed E-state index contributed by atoms with van der Waals surface area (Å²) in [6.45, 7) is 1.75. The van der Waals surface area contributed by atoms with E-state index in [1.165, 1.54) is 0 Å². The van der Waals surface area contributed by atoms with Gasteiger partial charge in [0.05, 0.1) is 28.2 Å². The number of halogens is 1. The highest BCUT2D eigenvalue weighted by molar-refractivity contribution is 6.33. The van der Waals surface area contributed by atoms with Crippen LogP contribution in [0.3, 0.4) is 0 Å². The number of carbonyl (C=O) groups is 2. The van der Waals surface area contributed by atoms with Crippen LogP contribution in [0.2, 0.25) is 5.02 Å². The third-order valence-corrected chi connectivity index (χ3v) is 6.04. The first-order chi connectivity index (χ1) is 14.5. The number of nitrogens with two attached hydrogens (primary N) is 1. The van der Waals surface area contributed by atoms with Crippen LogP contribution in [-0.4, -0.2) is 24.7 Å². The second-order valence-electron chi connectivity index (χ2n) is 7.64. The molecule has 150 valence electrons. The van der Waals surface area contributed by atoms with E-state index in [2.05, 4.69) is 10.2 Å². The highest BCUT2D eigenvalue weighted by Gasteiger charge is 2.35. The summed E-state index contributed by atoms with van der Waals surface area (Å²) in [5, 5.41) is 3.94. The molecule has 2 aliphatic rings. The van der Waals surface area contributed by atoms with Crippen molar-refractivity contribution in [2.24, 2.45) is 0 Å². The van der Waals surface area contributed by atoms with Crippen LogP contribution in [0.1, 0.15) is 44.7 Å². The number of rotatable bonds is 3. The average Bonchev–Trinajstić information content (AvgIpc) is 3.29. The molecule has 0 spiro atoms. The molecule has 1 saturated heterocycles. The van der Waals surface area contributed by atoms with Crippen LogP contribution in [0.25, 0.3) is 0 Å². The first kappa shape index (κ1) is 18.7. The average molecular weight is 418 g/mol. The van der Waals surface area contributed by atoms with E-state index in [1.807, 2.05) is 18.2 Å². The van der Waals surface area contributed by atoms with Crippen molar-refractivity contribution in [2.45, 2.75) is 12.8 Å². The third-order valence-electron chi connectivity index (χ3n) is 5.79. The van der Waals surface area contributed by atoms with E-state index < -0.39 is 0 Å². The third kappa shape index (κ3) is 2.94. The maximum atomic E-state index is 13.4. The van der Waals surface area contributed by atoms with Gasteiger partial charge in [-0.15, -0.1) is 0 Å². The molecule has 1 heterocycles. The lowest BCUT2D eigenvalue weighted by molar-refractivity contribution is 0.0980. The summed E-state index contributed by atoms with van der Waals surface area (Å²) in [6, 6.07) is 16.0. The Balaban J connectivity index is 1.73. The fourth-order valence-electron chi connectivity index (χ4n) is 4.31. The SMILES string of the molecule is Nc1c(N2CCCC2)cc(Nc2ccc(Cl)cc2)c2c1C(=O)c1ccccc1C2=O. The molecular weight excluding hydrogens is 398 g/mol. The summed E-state index contributed by atoms with van der Waals surface area (Å²) in [4.78, 5) is 29.0. The molecule has 0 radical (unpaired) electrons. The van der Waals surface area contributed by atoms with Gasteiger partial charge in [0.2, 0.25) is 0 Å². The fourth-order valence-corrected chi connectivity index (χ4v) is 4.44. The van der Waals surface area contributed by atoms with Gasteiger partial charge >= 0.3 is 0 Å². The molecule has 30 heavy (non-hydrogen) atoms. The molecular formula is C24H20ClN3O2. The van der Waals surface area contributed by atoms with Crippen molar-refractivity contribution in [2.75, 3.05) is 29.0 Å². The maximum absolute atomic E-state index is 13.4. The summed E-state index contributed by atoms with van der Waals surface area (Å²) in [5.74, 6) is -0.408. The number of ketones is 2. The quantitative estimate of drug-likeness (QED) is 0.456. The maximum Gasteiger partial charge on any atom is 0.196 e. The first-order valence-electron chi connectivity index (χ1n) is 9.97. The van der Waals surface area contributed by atoms with Gasteiger partial charge < -0.3 is 16.0 Å². The summed E-state index contributed by atoms with van der Waals surface area (Å²) >= 11 is 6.01. The van der Waals surface area contributed by atoms with Gasteiger partial charge in [0.25, 0.3) is 0 Å². The standard InChI is InChI=1S/C24H20ClN3O2/c25-14-7-9-15(10-8-14)27-18-13-19(28-11-3-4-12-28)22(26)21-20(18)23(29)16-5-1-2-6-17(16)24(21)30/h1-2,5-10,13,27H,3-4,11-12,26H2. The van der Waals surface area contributed by atoms with E-state index in [-0.39, 0.29) is 11.6 Å². The highest BCUT2D eigenvalue weighted by atomic mass is 35.5. The number of anilines is 4. The largest absolute Gasteiger partial charge is 0.396 e. The van der Waals surface area contributed by atoms with Crippen molar-refractivity contribution >= 4 is 45.9 Å². The molecule has 0 bridgehead atoms. The van der Waals surface area contributed by atoms with Crippen molar-refractivity contribution in [3.63, 3.8) is 0 Å². The Kier molecular flexibility index (Phi) is 4.48. The number of fused-ring (bicyclic) bond motifs is 2. The minimum Gasteiger partial charge on any atom is -0.396 e. The van der Waals surface area contributed by atoms with Crippen LogP contribution in [0.15, 0.2) is 54.6 Å². The predicted molar refractivity (Wildman–Crippen MR) is 120 cm³/mol. The zero-order valence-corrected chi connectivity index (χ0v) is 17.0. The Hall–Kier alpha value is -3.31. The van der Waals surface area contributed by atoms with Gasteiger partial charge in [-0.1, -0.05) is 35.9 Å². The number of nitrogen functional groups attached to an aromatic ring is 1. The van der Waals surface area contributed by atoms with Crippen LogP contribution in [0, 0.1) is 0 Å². The van der Waals surface area contributed by atoms with Crippen molar-refractivity contribution in [3.05, 3.63) is 81.9 Å². The molecule has 6 heteroatoms. The number of nitrogens with one attached hydrogen (secondary N) is 1. The first-order valence-corrected chi connectivity index (χ1v) is 10.3. The molecule has 5 rings (SSSR count). The van der Waals surface area contributed by atoms with E-state index in [1.54, 1.807) is 36.4 Å². The van der Waals surface area contributed by atoms with Gasteiger partial charge in [0.15, 0.2) is 11.6 Å². The number of hydrogen-bond donors (Lipinski definition) is 2. The Bertz CT molecular complexity index is 1180. The normalized spacial score (nSPS) is 15.2. The lowest BCUT2D eigenvalue weighted by Crippen LogP contribution is -2.26. The molecule has 0 aromatic heterocycles. The Morgan fingerprint density at radius 1 is 0.867 bits per heavy atom.